The zero-order valence-corrected chi connectivity index (χ0v) is 9.66. The fourth-order valence-corrected chi connectivity index (χ4v) is 1.67. The van der Waals surface area contributed by atoms with E-state index in [1.165, 1.54) is 5.69 Å². The van der Waals surface area contributed by atoms with Crippen LogP contribution < -0.4 is 5.32 Å². The van der Waals surface area contributed by atoms with Gasteiger partial charge in [-0.3, -0.25) is 0 Å². The molecule has 2 heteroatoms. The molecule has 0 aliphatic heterocycles. The Balaban J connectivity index is 2.45. The first-order chi connectivity index (χ1) is 7.31. The largest absolute Gasteiger partial charge is 0.351 e. The fourth-order valence-electron chi connectivity index (χ4n) is 1.67. The molecular formula is C13H20N2. The summed E-state index contributed by atoms with van der Waals surface area (Å²) in [7, 11) is 0. The highest BCUT2D eigenvalue weighted by atomic mass is 15.0. The average molecular weight is 204 g/mol. The molecule has 0 saturated heterocycles. The molecule has 0 aliphatic carbocycles. The van der Waals surface area contributed by atoms with E-state index in [1.807, 2.05) is 0 Å². The molecule has 2 nitrogen and oxygen atoms in total. The normalized spacial score (nSPS) is 12.3. The molecule has 0 bridgehead atoms. The molecule has 0 amide bonds. The van der Waals surface area contributed by atoms with Crippen LogP contribution in [0, 0.1) is 12.3 Å². The summed E-state index contributed by atoms with van der Waals surface area (Å²) in [4.78, 5) is 0. The van der Waals surface area contributed by atoms with Crippen molar-refractivity contribution >= 4 is 0 Å². The van der Waals surface area contributed by atoms with Gasteiger partial charge in [-0.05, 0) is 25.5 Å². The summed E-state index contributed by atoms with van der Waals surface area (Å²) < 4.78 is 2.25. The number of aryl methyl sites for hydroxylation is 1. The standard InChI is InChI=1S/C13H20N2/c1-4-8-12(5-2)14-11-13-9-7-10-15(13)6-3/h1,7,9-10,12,14H,5-6,8,11H2,2-3H3. The second-order valence-corrected chi connectivity index (χ2v) is 3.68. The van der Waals surface area contributed by atoms with Crippen molar-refractivity contribution in [3.05, 3.63) is 24.0 Å². The zero-order chi connectivity index (χ0) is 11.1. The van der Waals surface area contributed by atoms with Crippen molar-refractivity contribution in [3.8, 4) is 12.3 Å². The molecule has 1 rings (SSSR count). The van der Waals surface area contributed by atoms with Crippen LogP contribution in [-0.4, -0.2) is 10.6 Å². The summed E-state index contributed by atoms with van der Waals surface area (Å²) in [5, 5.41) is 3.48. The van der Waals surface area contributed by atoms with Gasteiger partial charge in [-0.1, -0.05) is 6.92 Å². The summed E-state index contributed by atoms with van der Waals surface area (Å²) in [6.07, 6.45) is 9.31. The molecule has 1 N–H and O–H groups in total. The monoisotopic (exact) mass is 204 g/mol. The highest BCUT2D eigenvalue weighted by Crippen LogP contribution is 2.04. The van der Waals surface area contributed by atoms with E-state index in [2.05, 4.69) is 48.0 Å². The van der Waals surface area contributed by atoms with Crippen LogP contribution in [0.4, 0.5) is 0 Å². The quantitative estimate of drug-likeness (QED) is 0.704. The van der Waals surface area contributed by atoms with Crippen LogP contribution in [0.25, 0.3) is 0 Å². The number of nitrogens with one attached hydrogen (secondary N) is 1. The van der Waals surface area contributed by atoms with E-state index in [-0.39, 0.29) is 0 Å². The van der Waals surface area contributed by atoms with E-state index in [4.69, 9.17) is 6.42 Å². The number of hydrogen-bond donors (Lipinski definition) is 1. The van der Waals surface area contributed by atoms with Gasteiger partial charge in [0.2, 0.25) is 0 Å². The smallest absolute Gasteiger partial charge is 0.0362 e. The van der Waals surface area contributed by atoms with Gasteiger partial charge < -0.3 is 9.88 Å². The minimum Gasteiger partial charge on any atom is -0.351 e. The minimum absolute atomic E-state index is 0.440. The lowest BCUT2D eigenvalue weighted by Crippen LogP contribution is -2.28. The molecule has 1 aromatic heterocycles. The van der Waals surface area contributed by atoms with Crippen molar-refractivity contribution < 1.29 is 0 Å². The van der Waals surface area contributed by atoms with Crippen molar-refractivity contribution in [3.63, 3.8) is 0 Å². The maximum atomic E-state index is 5.31. The lowest BCUT2D eigenvalue weighted by molar-refractivity contribution is 0.493. The first kappa shape index (κ1) is 11.9. The second-order valence-electron chi connectivity index (χ2n) is 3.68. The summed E-state index contributed by atoms with van der Waals surface area (Å²) in [6, 6.07) is 4.68. The van der Waals surface area contributed by atoms with Crippen LogP contribution in [0.2, 0.25) is 0 Å². The highest BCUT2D eigenvalue weighted by Gasteiger charge is 2.05. The number of hydrogen-bond acceptors (Lipinski definition) is 1. The number of rotatable bonds is 6. The molecule has 0 fully saturated rings. The molecule has 0 aromatic carbocycles. The molecule has 0 radical (unpaired) electrons. The second kappa shape index (κ2) is 6.31. The topological polar surface area (TPSA) is 17.0 Å². The third-order valence-corrected chi connectivity index (χ3v) is 2.69. The molecule has 0 saturated carbocycles. The van der Waals surface area contributed by atoms with Crippen molar-refractivity contribution in [2.45, 2.75) is 45.8 Å². The molecule has 1 atom stereocenters. The Labute approximate surface area is 92.7 Å². The molecule has 82 valence electrons. The van der Waals surface area contributed by atoms with Gasteiger partial charge in [0.15, 0.2) is 0 Å². The molecular weight excluding hydrogens is 184 g/mol. The van der Waals surface area contributed by atoms with Crippen LogP contribution in [-0.2, 0) is 13.1 Å². The first-order valence-corrected chi connectivity index (χ1v) is 5.62. The molecule has 1 unspecified atom stereocenters. The number of terminal acetylenes is 1. The van der Waals surface area contributed by atoms with Crippen LogP contribution in [0.3, 0.4) is 0 Å². The molecule has 1 heterocycles. The molecule has 15 heavy (non-hydrogen) atoms. The van der Waals surface area contributed by atoms with Gasteiger partial charge in [0.25, 0.3) is 0 Å². The van der Waals surface area contributed by atoms with Gasteiger partial charge in [0, 0.05) is 37.4 Å². The maximum absolute atomic E-state index is 5.31. The molecule has 0 spiro atoms. The van der Waals surface area contributed by atoms with Crippen LogP contribution in [0.1, 0.15) is 32.4 Å². The predicted octanol–water partition coefficient (Wildman–Crippen LogP) is 2.40. The lowest BCUT2D eigenvalue weighted by Gasteiger charge is -2.15. The van der Waals surface area contributed by atoms with E-state index in [1.54, 1.807) is 0 Å². The van der Waals surface area contributed by atoms with Crippen LogP contribution in [0.5, 0.6) is 0 Å². The summed E-state index contributed by atoms with van der Waals surface area (Å²) in [6.45, 7) is 6.24. The minimum atomic E-state index is 0.440. The first-order valence-electron chi connectivity index (χ1n) is 5.62. The van der Waals surface area contributed by atoms with Crippen molar-refractivity contribution in [1.29, 1.82) is 0 Å². The Hall–Kier alpha value is -1.20. The van der Waals surface area contributed by atoms with E-state index < -0.39 is 0 Å². The van der Waals surface area contributed by atoms with Gasteiger partial charge in [-0.15, -0.1) is 12.3 Å². The summed E-state index contributed by atoms with van der Waals surface area (Å²) in [5.41, 5.74) is 1.33. The molecule has 1 aromatic rings. The van der Waals surface area contributed by atoms with Crippen LogP contribution >= 0.6 is 0 Å². The van der Waals surface area contributed by atoms with E-state index in [0.29, 0.717) is 6.04 Å². The Morgan fingerprint density at radius 1 is 1.53 bits per heavy atom. The van der Waals surface area contributed by atoms with Crippen molar-refractivity contribution in [2.75, 3.05) is 0 Å². The van der Waals surface area contributed by atoms with Gasteiger partial charge in [0.1, 0.15) is 0 Å². The molecule has 0 aliphatic rings. The Bertz CT molecular complexity index is 320. The van der Waals surface area contributed by atoms with Crippen molar-refractivity contribution in [2.24, 2.45) is 0 Å². The summed E-state index contributed by atoms with van der Waals surface area (Å²) >= 11 is 0. The fraction of sp³-hybridized carbons (Fsp3) is 0.538. The Morgan fingerprint density at radius 2 is 2.33 bits per heavy atom. The lowest BCUT2D eigenvalue weighted by atomic mass is 10.1. The maximum Gasteiger partial charge on any atom is 0.0362 e. The van der Waals surface area contributed by atoms with E-state index >= 15 is 0 Å². The van der Waals surface area contributed by atoms with E-state index in [0.717, 1.165) is 25.9 Å². The van der Waals surface area contributed by atoms with Gasteiger partial charge in [0.05, 0.1) is 0 Å². The van der Waals surface area contributed by atoms with Crippen molar-refractivity contribution in [1.82, 2.24) is 9.88 Å². The Morgan fingerprint density at radius 3 is 2.93 bits per heavy atom. The zero-order valence-electron chi connectivity index (χ0n) is 9.66. The number of nitrogens with zero attached hydrogens (tertiary/aromatic N) is 1. The van der Waals surface area contributed by atoms with Gasteiger partial charge in [-0.2, -0.15) is 0 Å². The summed E-state index contributed by atoms with van der Waals surface area (Å²) in [5.74, 6) is 2.71. The average Bonchev–Trinajstić information content (AvgIpc) is 2.71. The Kier molecular flexibility index (Phi) is 5.00. The third kappa shape index (κ3) is 3.45. The third-order valence-electron chi connectivity index (χ3n) is 2.69. The van der Waals surface area contributed by atoms with E-state index in [9.17, 15) is 0 Å². The predicted molar refractivity (Wildman–Crippen MR) is 64.5 cm³/mol. The SMILES string of the molecule is C#CCC(CC)NCc1cccn1CC. The van der Waals surface area contributed by atoms with Gasteiger partial charge in [-0.25, -0.2) is 0 Å². The van der Waals surface area contributed by atoms with Gasteiger partial charge >= 0.3 is 0 Å². The number of aromatic nitrogens is 1. The highest BCUT2D eigenvalue weighted by molar-refractivity contribution is 5.07. The van der Waals surface area contributed by atoms with Crippen LogP contribution in [0.15, 0.2) is 18.3 Å².